The summed E-state index contributed by atoms with van der Waals surface area (Å²) in [5, 5.41) is 0. The molecule has 2 heterocycles. The van der Waals surface area contributed by atoms with E-state index in [1.807, 2.05) is 12.4 Å². The predicted octanol–water partition coefficient (Wildman–Crippen LogP) is 6.66. The van der Waals surface area contributed by atoms with Gasteiger partial charge in [-0.3, -0.25) is 0 Å². The molecule has 2 aromatic rings. The molecule has 32 heavy (non-hydrogen) atoms. The van der Waals surface area contributed by atoms with Crippen molar-refractivity contribution in [2.75, 3.05) is 13.2 Å². The zero-order valence-electron chi connectivity index (χ0n) is 19.2. The van der Waals surface area contributed by atoms with Gasteiger partial charge in [-0.05, 0) is 80.9 Å². The van der Waals surface area contributed by atoms with Crippen molar-refractivity contribution in [1.82, 2.24) is 9.97 Å². The standard InChI is InChI=1S/C26H34F2N2O2/c1-3-5-21-11-10-19(16-32-21)26-29-14-20(15-30-26)17-6-8-18(9-7-17)22-12-13-23(31-4-2)25(28)24(22)27/h12-15,17-19,21H,3-11,16H2,1-2H3. The van der Waals surface area contributed by atoms with Crippen LogP contribution in [0.2, 0.25) is 0 Å². The second-order valence-corrected chi connectivity index (χ2v) is 9.16. The maximum atomic E-state index is 14.6. The van der Waals surface area contributed by atoms with Gasteiger partial charge in [0.15, 0.2) is 11.6 Å². The van der Waals surface area contributed by atoms with E-state index in [1.54, 1.807) is 19.1 Å². The van der Waals surface area contributed by atoms with Gasteiger partial charge in [-0.15, -0.1) is 0 Å². The molecule has 174 valence electrons. The van der Waals surface area contributed by atoms with Crippen LogP contribution in [0.5, 0.6) is 5.75 Å². The Morgan fingerprint density at radius 2 is 1.59 bits per heavy atom. The predicted molar refractivity (Wildman–Crippen MR) is 120 cm³/mol. The Balaban J connectivity index is 1.33. The molecule has 0 spiro atoms. The maximum absolute atomic E-state index is 14.6. The van der Waals surface area contributed by atoms with Gasteiger partial charge in [0, 0.05) is 18.3 Å². The number of aromatic nitrogens is 2. The molecule has 1 aliphatic carbocycles. The maximum Gasteiger partial charge on any atom is 0.200 e. The Morgan fingerprint density at radius 1 is 0.906 bits per heavy atom. The summed E-state index contributed by atoms with van der Waals surface area (Å²) in [5.41, 5.74) is 1.61. The minimum atomic E-state index is -0.872. The summed E-state index contributed by atoms with van der Waals surface area (Å²) in [6.45, 7) is 4.97. The van der Waals surface area contributed by atoms with Gasteiger partial charge in [-0.25, -0.2) is 14.4 Å². The summed E-state index contributed by atoms with van der Waals surface area (Å²) >= 11 is 0. The highest BCUT2D eigenvalue weighted by Gasteiger charge is 2.28. The van der Waals surface area contributed by atoms with Crippen LogP contribution in [0.15, 0.2) is 24.5 Å². The molecule has 1 saturated heterocycles. The van der Waals surface area contributed by atoms with Crippen molar-refractivity contribution in [3.8, 4) is 5.75 Å². The Bertz CT molecular complexity index is 874. The Morgan fingerprint density at radius 3 is 2.22 bits per heavy atom. The number of nitrogens with zero attached hydrogens (tertiary/aromatic N) is 2. The van der Waals surface area contributed by atoms with Crippen LogP contribution in [0, 0.1) is 11.6 Å². The summed E-state index contributed by atoms with van der Waals surface area (Å²) < 4.78 is 40.0. The largest absolute Gasteiger partial charge is 0.491 e. The molecule has 1 aromatic carbocycles. The Kier molecular flexibility index (Phi) is 7.71. The molecule has 6 heteroatoms. The minimum Gasteiger partial charge on any atom is -0.491 e. The van der Waals surface area contributed by atoms with E-state index in [4.69, 9.17) is 9.47 Å². The number of halogens is 2. The fourth-order valence-electron chi connectivity index (χ4n) is 5.20. The molecule has 0 radical (unpaired) electrons. The van der Waals surface area contributed by atoms with Crippen molar-refractivity contribution in [1.29, 1.82) is 0 Å². The van der Waals surface area contributed by atoms with Gasteiger partial charge >= 0.3 is 0 Å². The molecule has 4 rings (SSSR count). The van der Waals surface area contributed by atoms with Crippen molar-refractivity contribution in [2.24, 2.45) is 0 Å². The van der Waals surface area contributed by atoms with Gasteiger partial charge in [0.05, 0.1) is 19.3 Å². The molecule has 0 bridgehead atoms. The van der Waals surface area contributed by atoms with Crippen LogP contribution in [0.25, 0.3) is 0 Å². The fourth-order valence-corrected chi connectivity index (χ4v) is 5.20. The number of hydrogen-bond donors (Lipinski definition) is 0. The monoisotopic (exact) mass is 444 g/mol. The van der Waals surface area contributed by atoms with E-state index in [-0.39, 0.29) is 17.6 Å². The lowest BCUT2D eigenvalue weighted by Crippen LogP contribution is -2.25. The SMILES string of the molecule is CCCC1CCC(c2ncc(C3CCC(c4ccc(OCC)c(F)c4F)CC3)cn2)CO1. The highest BCUT2D eigenvalue weighted by Crippen LogP contribution is 2.42. The smallest absolute Gasteiger partial charge is 0.200 e. The molecule has 2 fully saturated rings. The Labute approximate surface area is 189 Å². The summed E-state index contributed by atoms with van der Waals surface area (Å²) in [6, 6.07) is 3.24. The lowest BCUT2D eigenvalue weighted by molar-refractivity contribution is -0.00269. The molecule has 2 unspecified atom stereocenters. The van der Waals surface area contributed by atoms with Gasteiger partial charge < -0.3 is 9.47 Å². The second-order valence-electron chi connectivity index (χ2n) is 9.16. The molecule has 0 amide bonds. The lowest BCUT2D eigenvalue weighted by atomic mass is 9.76. The number of benzene rings is 1. The molecule has 1 saturated carbocycles. The van der Waals surface area contributed by atoms with Crippen molar-refractivity contribution >= 4 is 0 Å². The van der Waals surface area contributed by atoms with E-state index in [2.05, 4.69) is 16.9 Å². The quantitative estimate of drug-likeness (QED) is 0.479. The van der Waals surface area contributed by atoms with Gasteiger partial charge in [-0.2, -0.15) is 4.39 Å². The van der Waals surface area contributed by atoms with Crippen molar-refractivity contribution in [3.05, 3.63) is 53.1 Å². The zero-order chi connectivity index (χ0) is 22.5. The average molecular weight is 445 g/mol. The number of rotatable bonds is 7. The van der Waals surface area contributed by atoms with Crippen LogP contribution in [0.4, 0.5) is 8.78 Å². The average Bonchev–Trinajstić information content (AvgIpc) is 2.83. The van der Waals surface area contributed by atoms with E-state index in [9.17, 15) is 8.78 Å². The van der Waals surface area contributed by atoms with Crippen LogP contribution in [-0.2, 0) is 4.74 Å². The van der Waals surface area contributed by atoms with E-state index in [1.165, 1.54) is 0 Å². The van der Waals surface area contributed by atoms with Gasteiger partial charge in [0.25, 0.3) is 0 Å². The van der Waals surface area contributed by atoms with Crippen LogP contribution in [0.1, 0.15) is 99.9 Å². The summed E-state index contributed by atoms with van der Waals surface area (Å²) in [4.78, 5) is 9.33. The molecule has 2 atom stereocenters. The highest BCUT2D eigenvalue weighted by molar-refractivity contribution is 5.33. The summed E-state index contributed by atoms with van der Waals surface area (Å²) in [5.74, 6) is -0.0793. The lowest BCUT2D eigenvalue weighted by Gasteiger charge is -2.30. The van der Waals surface area contributed by atoms with E-state index in [0.717, 1.165) is 62.8 Å². The van der Waals surface area contributed by atoms with Crippen LogP contribution in [0.3, 0.4) is 0 Å². The van der Waals surface area contributed by atoms with Crippen molar-refractivity contribution in [2.45, 2.75) is 89.1 Å². The first-order valence-corrected chi connectivity index (χ1v) is 12.1. The van der Waals surface area contributed by atoms with Crippen molar-refractivity contribution in [3.63, 3.8) is 0 Å². The second kappa shape index (κ2) is 10.7. The van der Waals surface area contributed by atoms with Gasteiger partial charge in [0.2, 0.25) is 5.82 Å². The first-order chi connectivity index (χ1) is 15.6. The number of hydrogen-bond acceptors (Lipinski definition) is 4. The summed E-state index contributed by atoms with van der Waals surface area (Å²) in [7, 11) is 0. The third kappa shape index (κ3) is 5.11. The summed E-state index contributed by atoms with van der Waals surface area (Å²) in [6.07, 6.45) is 12.3. The first kappa shape index (κ1) is 23.1. The normalized spacial score (nSPS) is 26.1. The van der Waals surface area contributed by atoms with E-state index >= 15 is 0 Å². The molecular weight excluding hydrogens is 410 g/mol. The molecular formula is C26H34F2N2O2. The molecule has 1 aliphatic heterocycles. The topological polar surface area (TPSA) is 44.2 Å². The number of ether oxygens (including phenoxy) is 2. The van der Waals surface area contributed by atoms with Crippen LogP contribution < -0.4 is 4.74 Å². The zero-order valence-corrected chi connectivity index (χ0v) is 19.2. The molecule has 0 N–H and O–H groups in total. The molecule has 1 aromatic heterocycles. The fraction of sp³-hybridized carbons (Fsp3) is 0.615. The third-order valence-electron chi connectivity index (χ3n) is 7.05. The van der Waals surface area contributed by atoms with Gasteiger partial charge in [-0.1, -0.05) is 19.4 Å². The molecule has 2 aliphatic rings. The van der Waals surface area contributed by atoms with Crippen molar-refractivity contribution < 1.29 is 18.3 Å². The first-order valence-electron chi connectivity index (χ1n) is 12.1. The van der Waals surface area contributed by atoms with E-state index in [0.29, 0.717) is 30.8 Å². The Hall–Kier alpha value is -2.08. The van der Waals surface area contributed by atoms with Crippen LogP contribution in [-0.4, -0.2) is 29.3 Å². The minimum absolute atomic E-state index is 0.0103. The van der Waals surface area contributed by atoms with Crippen LogP contribution >= 0.6 is 0 Å². The highest BCUT2D eigenvalue weighted by atomic mass is 19.2. The third-order valence-corrected chi connectivity index (χ3v) is 7.05. The van der Waals surface area contributed by atoms with E-state index < -0.39 is 11.6 Å². The molecule has 4 nitrogen and oxygen atoms in total. The van der Waals surface area contributed by atoms with Gasteiger partial charge in [0.1, 0.15) is 5.82 Å².